The van der Waals surface area contributed by atoms with E-state index in [9.17, 15) is 18.0 Å². The van der Waals surface area contributed by atoms with Crippen molar-refractivity contribution in [2.45, 2.75) is 56.8 Å². The zero-order chi connectivity index (χ0) is 17.7. The molecule has 0 bridgehead atoms. The van der Waals surface area contributed by atoms with Gasteiger partial charge in [0.05, 0.1) is 5.56 Å². The molecule has 2 unspecified atom stereocenters. The third-order valence-electron chi connectivity index (χ3n) is 4.68. The quantitative estimate of drug-likeness (QED) is 0.839. The summed E-state index contributed by atoms with van der Waals surface area (Å²) in [6.45, 7) is 0. The fourth-order valence-electron chi connectivity index (χ4n) is 3.31. The summed E-state index contributed by atoms with van der Waals surface area (Å²) in [6, 6.07) is 4.67. The first-order valence-electron chi connectivity index (χ1n) is 8.43. The summed E-state index contributed by atoms with van der Waals surface area (Å²) in [5.74, 6) is -0.304. The number of amides is 1. The monoisotopic (exact) mass is 378 g/mol. The minimum absolute atomic E-state index is 0. The summed E-state index contributed by atoms with van der Waals surface area (Å²) in [5.41, 5.74) is -0.473. The summed E-state index contributed by atoms with van der Waals surface area (Å²) >= 11 is 0. The third kappa shape index (κ3) is 6.19. The van der Waals surface area contributed by atoms with Crippen molar-refractivity contribution in [3.63, 3.8) is 0 Å². The fraction of sp³-hybridized carbons (Fsp3) is 0.611. The molecule has 1 aliphatic rings. The molecule has 1 saturated carbocycles. The molecule has 1 amide bonds. The highest BCUT2D eigenvalue weighted by molar-refractivity contribution is 5.94. The first-order valence-corrected chi connectivity index (χ1v) is 8.43. The van der Waals surface area contributed by atoms with E-state index in [-0.39, 0.29) is 36.0 Å². The molecule has 0 aliphatic heterocycles. The van der Waals surface area contributed by atoms with E-state index >= 15 is 0 Å². The van der Waals surface area contributed by atoms with Crippen molar-refractivity contribution in [2.75, 3.05) is 14.1 Å². The average Bonchev–Trinajstić information content (AvgIpc) is 2.49. The standard InChI is InChI=1S/C18H25F3N2O.ClH/c1-23(2)16-8-6-4-3-5-7-15(16)22-17(24)13-9-11-14(12-10-13)18(19,20)21;/h9-12,15-16H,3-8H2,1-2H3,(H,22,24);1H. The zero-order valence-electron chi connectivity index (χ0n) is 14.6. The highest BCUT2D eigenvalue weighted by Crippen LogP contribution is 2.29. The molecule has 2 rings (SSSR count). The summed E-state index contributed by atoms with van der Waals surface area (Å²) in [4.78, 5) is 14.6. The molecule has 1 aromatic rings. The Labute approximate surface area is 153 Å². The molecule has 7 heteroatoms. The lowest BCUT2D eigenvalue weighted by atomic mass is 9.91. The van der Waals surface area contributed by atoms with E-state index in [0.29, 0.717) is 0 Å². The SMILES string of the molecule is CN(C)C1CCCCCCC1NC(=O)c1ccc(C(F)(F)F)cc1.Cl. The molecule has 142 valence electrons. The molecule has 1 aliphatic carbocycles. The molecule has 1 N–H and O–H groups in total. The maximum atomic E-state index is 12.6. The molecule has 25 heavy (non-hydrogen) atoms. The molecular weight excluding hydrogens is 353 g/mol. The second kappa shape index (κ2) is 9.43. The van der Waals surface area contributed by atoms with Crippen LogP contribution in [0.5, 0.6) is 0 Å². The molecule has 1 aromatic carbocycles. The predicted molar refractivity (Wildman–Crippen MR) is 95.1 cm³/mol. The van der Waals surface area contributed by atoms with Gasteiger partial charge in [-0.25, -0.2) is 0 Å². The molecule has 2 atom stereocenters. The van der Waals surface area contributed by atoms with E-state index in [4.69, 9.17) is 0 Å². The number of carbonyl (C=O) groups excluding carboxylic acids is 1. The largest absolute Gasteiger partial charge is 0.416 e. The van der Waals surface area contributed by atoms with Crippen LogP contribution in [0.2, 0.25) is 0 Å². The van der Waals surface area contributed by atoms with Gasteiger partial charge in [0.2, 0.25) is 0 Å². The average molecular weight is 379 g/mol. The van der Waals surface area contributed by atoms with Crippen LogP contribution in [0.1, 0.15) is 54.4 Å². The van der Waals surface area contributed by atoms with Crippen molar-refractivity contribution in [1.29, 1.82) is 0 Å². The van der Waals surface area contributed by atoms with Crippen molar-refractivity contribution < 1.29 is 18.0 Å². The first-order chi connectivity index (χ1) is 11.3. The van der Waals surface area contributed by atoms with Gasteiger partial charge in [0, 0.05) is 17.6 Å². The number of likely N-dealkylation sites (N-methyl/N-ethyl adjacent to an activating group) is 1. The number of benzene rings is 1. The Hall–Kier alpha value is -1.27. The number of hydrogen-bond donors (Lipinski definition) is 1. The Morgan fingerprint density at radius 2 is 1.60 bits per heavy atom. The Morgan fingerprint density at radius 1 is 1.04 bits per heavy atom. The molecule has 3 nitrogen and oxygen atoms in total. The van der Waals surface area contributed by atoms with E-state index in [0.717, 1.165) is 44.2 Å². The van der Waals surface area contributed by atoms with Crippen molar-refractivity contribution >= 4 is 18.3 Å². The van der Waals surface area contributed by atoms with Gasteiger partial charge < -0.3 is 10.2 Å². The number of carbonyl (C=O) groups is 1. The van der Waals surface area contributed by atoms with Gasteiger partial charge in [-0.2, -0.15) is 13.2 Å². The summed E-state index contributed by atoms with van der Waals surface area (Å²) < 4.78 is 37.8. The van der Waals surface area contributed by atoms with Crippen molar-refractivity contribution in [3.8, 4) is 0 Å². The first kappa shape index (κ1) is 21.8. The fourth-order valence-corrected chi connectivity index (χ4v) is 3.31. The van der Waals surface area contributed by atoms with Crippen molar-refractivity contribution in [3.05, 3.63) is 35.4 Å². The van der Waals surface area contributed by atoms with Crippen LogP contribution >= 0.6 is 12.4 Å². The van der Waals surface area contributed by atoms with Gasteiger partial charge >= 0.3 is 6.18 Å². The number of nitrogens with one attached hydrogen (secondary N) is 1. The second-order valence-electron chi connectivity index (χ2n) is 6.68. The third-order valence-corrected chi connectivity index (χ3v) is 4.68. The van der Waals surface area contributed by atoms with Gasteiger partial charge in [-0.15, -0.1) is 12.4 Å². The van der Waals surface area contributed by atoms with E-state index in [2.05, 4.69) is 10.2 Å². The Morgan fingerprint density at radius 3 is 2.12 bits per heavy atom. The molecule has 0 saturated heterocycles. The predicted octanol–water partition coefficient (Wildman–Crippen LogP) is 4.51. The Kier molecular flexibility index (Phi) is 8.22. The van der Waals surface area contributed by atoms with Crippen molar-refractivity contribution in [2.24, 2.45) is 0 Å². The molecule has 1 fully saturated rings. The second-order valence-corrected chi connectivity index (χ2v) is 6.68. The van der Waals surface area contributed by atoms with Gasteiger partial charge in [0.15, 0.2) is 0 Å². The smallest absolute Gasteiger partial charge is 0.348 e. The number of rotatable bonds is 3. The van der Waals surface area contributed by atoms with Gasteiger partial charge in [0.1, 0.15) is 0 Å². The highest BCUT2D eigenvalue weighted by atomic mass is 35.5. The summed E-state index contributed by atoms with van der Waals surface area (Å²) in [5, 5.41) is 3.03. The van der Waals surface area contributed by atoms with Gasteiger partial charge in [-0.3, -0.25) is 4.79 Å². The Bertz CT molecular complexity index is 546. The minimum atomic E-state index is -4.38. The van der Waals surface area contributed by atoms with E-state index in [1.54, 1.807) is 0 Å². The van der Waals surface area contributed by atoms with Crippen LogP contribution in [0.15, 0.2) is 24.3 Å². The topological polar surface area (TPSA) is 32.3 Å². The van der Waals surface area contributed by atoms with E-state index < -0.39 is 11.7 Å². The summed E-state index contributed by atoms with van der Waals surface area (Å²) in [7, 11) is 4.01. The van der Waals surface area contributed by atoms with Gasteiger partial charge in [-0.1, -0.05) is 25.7 Å². The normalized spacial score (nSPS) is 21.8. The van der Waals surface area contributed by atoms with Crippen LogP contribution in [0.4, 0.5) is 13.2 Å². The number of hydrogen-bond acceptors (Lipinski definition) is 2. The van der Waals surface area contributed by atoms with Crippen LogP contribution in [-0.4, -0.2) is 37.0 Å². The van der Waals surface area contributed by atoms with Crippen LogP contribution in [0.25, 0.3) is 0 Å². The number of nitrogens with zero attached hydrogens (tertiary/aromatic N) is 1. The van der Waals surface area contributed by atoms with Crippen LogP contribution in [0.3, 0.4) is 0 Å². The van der Waals surface area contributed by atoms with Crippen molar-refractivity contribution in [1.82, 2.24) is 10.2 Å². The lowest BCUT2D eigenvalue weighted by Gasteiger charge is -2.34. The molecule has 0 heterocycles. The van der Waals surface area contributed by atoms with Crippen LogP contribution < -0.4 is 5.32 Å². The molecule has 0 radical (unpaired) electrons. The highest BCUT2D eigenvalue weighted by Gasteiger charge is 2.31. The number of alkyl halides is 3. The lowest BCUT2D eigenvalue weighted by Crippen LogP contribution is -2.49. The van der Waals surface area contributed by atoms with Gasteiger partial charge in [0.25, 0.3) is 5.91 Å². The van der Waals surface area contributed by atoms with Gasteiger partial charge in [-0.05, 0) is 51.2 Å². The van der Waals surface area contributed by atoms with E-state index in [1.807, 2.05) is 14.1 Å². The Balaban J connectivity index is 0.00000312. The van der Waals surface area contributed by atoms with E-state index in [1.165, 1.54) is 18.6 Å². The van der Waals surface area contributed by atoms with Crippen LogP contribution in [-0.2, 0) is 6.18 Å². The number of halogens is 4. The van der Waals surface area contributed by atoms with Crippen LogP contribution in [0, 0.1) is 0 Å². The zero-order valence-corrected chi connectivity index (χ0v) is 15.4. The maximum Gasteiger partial charge on any atom is 0.416 e. The lowest BCUT2D eigenvalue weighted by molar-refractivity contribution is -0.137. The maximum absolute atomic E-state index is 12.6. The minimum Gasteiger partial charge on any atom is -0.348 e. The molecule has 0 spiro atoms. The molecular formula is C18H26ClF3N2O. The molecule has 0 aromatic heterocycles. The summed E-state index contributed by atoms with van der Waals surface area (Å²) in [6.07, 6.45) is 2.10.